The van der Waals surface area contributed by atoms with Crippen molar-refractivity contribution >= 4 is 17.5 Å². The van der Waals surface area contributed by atoms with E-state index < -0.39 is 11.8 Å². The number of hydrogen-bond acceptors (Lipinski definition) is 4. The topological polar surface area (TPSA) is 64.7 Å². The molecule has 0 spiro atoms. The molecule has 0 aromatic heterocycles. The van der Waals surface area contributed by atoms with Gasteiger partial charge in [-0.15, -0.1) is 0 Å². The molecule has 6 heteroatoms. The zero-order chi connectivity index (χ0) is 21.6. The second-order valence-corrected chi connectivity index (χ2v) is 8.55. The van der Waals surface area contributed by atoms with Crippen molar-refractivity contribution in [1.29, 1.82) is 0 Å². The predicted molar refractivity (Wildman–Crippen MR) is 123 cm³/mol. The molecule has 2 aliphatic rings. The van der Waals surface area contributed by atoms with Crippen LogP contribution >= 0.6 is 0 Å². The molecule has 31 heavy (non-hydrogen) atoms. The molecule has 1 fully saturated rings. The van der Waals surface area contributed by atoms with Gasteiger partial charge in [-0.1, -0.05) is 42.5 Å². The second kappa shape index (κ2) is 9.96. The standard InChI is InChI=1S/C25H32N4O2/c1-28-13-7-10-20-16-21(11-12-22(20)28)23(29-14-5-6-15-29)18-27-25(31)24(30)26-17-19-8-3-2-4-9-19/h2-4,8-9,11-12,16,23H,5-7,10,13-15,17-18H2,1H3,(H,26,30)(H,27,31)/t23-/m0/s1. The van der Waals surface area contributed by atoms with Crippen LogP contribution in [-0.4, -0.2) is 49.9 Å². The molecule has 0 aliphatic carbocycles. The minimum Gasteiger partial charge on any atom is -0.374 e. The molecule has 0 bridgehead atoms. The minimum absolute atomic E-state index is 0.0888. The number of carbonyl (C=O) groups excluding carboxylic acids is 2. The van der Waals surface area contributed by atoms with Gasteiger partial charge in [-0.2, -0.15) is 0 Å². The van der Waals surface area contributed by atoms with Crippen LogP contribution in [0, 0.1) is 0 Å². The number of benzene rings is 2. The maximum absolute atomic E-state index is 12.4. The van der Waals surface area contributed by atoms with E-state index >= 15 is 0 Å². The Bertz CT molecular complexity index is 909. The van der Waals surface area contributed by atoms with Crippen molar-refractivity contribution in [2.45, 2.75) is 38.3 Å². The van der Waals surface area contributed by atoms with Crippen LogP contribution in [0.25, 0.3) is 0 Å². The number of carbonyl (C=O) groups is 2. The molecule has 1 saturated heterocycles. The number of aryl methyl sites for hydroxylation is 1. The van der Waals surface area contributed by atoms with Gasteiger partial charge in [0.15, 0.2) is 0 Å². The molecule has 2 aliphatic heterocycles. The van der Waals surface area contributed by atoms with Crippen LogP contribution in [0.15, 0.2) is 48.5 Å². The molecule has 164 valence electrons. The third kappa shape index (κ3) is 5.25. The Labute approximate surface area is 184 Å². The van der Waals surface area contributed by atoms with Crippen molar-refractivity contribution in [2.24, 2.45) is 0 Å². The highest BCUT2D eigenvalue weighted by Crippen LogP contribution is 2.31. The van der Waals surface area contributed by atoms with E-state index in [1.807, 2.05) is 30.3 Å². The molecule has 4 rings (SSSR count). The van der Waals surface area contributed by atoms with Crippen LogP contribution in [0.5, 0.6) is 0 Å². The highest BCUT2D eigenvalue weighted by Gasteiger charge is 2.26. The maximum Gasteiger partial charge on any atom is 0.309 e. The van der Waals surface area contributed by atoms with Crippen molar-refractivity contribution in [1.82, 2.24) is 15.5 Å². The third-order valence-corrected chi connectivity index (χ3v) is 6.38. The van der Waals surface area contributed by atoms with Gasteiger partial charge in [0, 0.05) is 32.4 Å². The van der Waals surface area contributed by atoms with Gasteiger partial charge >= 0.3 is 11.8 Å². The highest BCUT2D eigenvalue weighted by atomic mass is 16.2. The van der Waals surface area contributed by atoms with Crippen LogP contribution < -0.4 is 15.5 Å². The van der Waals surface area contributed by atoms with Gasteiger partial charge in [-0.3, -0.25) is 14.5 Å². The lowest BCUT2D eigenvalue weighted by atomic mass is 9.96. The summed E-state index contributed by atoms with van der Waals surface area (Å²) in [7, 11) is 2.14. The summed E-state index contributed by atoms with van der Waals surface area (Å²) in [5.41, 5.74) is 4.88. The van der Waals surface area contributed by atoms with Crippen LogP contribution in [0.4, 0.5) is 5.69 Å². The summed E-state index contributed by atoms with van der Waals surface area (Å²) < 4.78 is 0. The number of hydrogen-bond donors (Lipinski definition) is 2. The smallest absolute Gasteiger partial charge is 0.309 e. The first-order valence-corrected chi connectivity index (χ1v) is 11.3. The summed E-state index contributed by atoms with van der Waals surface area (Å²) in [4.78, 5) is 29.5. The number of nitrogens with one attached hydrogen (secondary N) is 2. The zero-order valence-electron chi connectivity index (χ0n) is 18.3. The van der Waals surface area contributed by atoms with E-state index in [1.165, 1.54) is 36.1 Å². The molecule has 2 amide bonds. The van der Waals surface area contributed by atoms with Gasteiger partial charge in [0.25, 0.3) is 0 Å². The van der Waals surface area contributed by atoms with Crippen LogP contribution in [0.2, 0.25) is 0 Å². The molecule has 1 atom stereocenters. The van der Waals surface area contributed by atoms with E-state index in [-0.39, 0.29) is 6.04 Å². The van der Waals surface area contributed by atoms with E-state index in [0.717, 1.165) is 31.6 Å². The quantitative estimate of drug-likeness (QED) is 0.706. The Kier molecular flexibility index (Phi) is 6.87. The summed E-state index contributed by atoms with van der Waals surface area (Å²) in [5, 5.41) is 5.59. The zero-order valence-corrected chi connectivity index (χ0v) is 18.3. The number of nitrogens with zero attached hydrogens (tertiary/aromatic N) is 2. The van der Waals surface area contributed by atoms with Gasteiger partial charge in [0.2, 0.25) is 0 Å². The molecule has 0 saturated carbocycles. The lowest BCUT2D eigenvalue weighted by Crippen LogP contribution is -2.43. The molecule has 2 aromatic rings. The Morgan fingerprint density at radius 2 is 1.68 bits per heavy atom. The monoisotopic (exact) mass is 420 g/mol. The van der Waals surface area contributed by atoms with Gasteiger partial charge in [0.05, 0.1) is 6.04 Å². The average Bonchev–Trinajstić information content (AvgIpc) is 3.33. The van der Waals surface area contributed by atoms with Gasteiger partial charge in [0.1, 0.15) is 0 Å². The van der Waals surface area contributed by atoms with Crippen LogP contribution in [0.3, 0.4) is 0 Å². The van der Waals surface area contributed by atoms with E-state index in [9.17, 15) is 9.59 Å². The van der Waals surface area contributed by atoms with Crippen molar-refractivity contribution in [3.63, 3.8) is 0 Å². The highest BCUT2D eigenvalue weighted by molar-refractivity contribution is 6.35. The summed E-state index contributed by atoms with van der Waals surface area (Å²) in [6.45, 7) is 3.93. The summed E-state index contributed by atoms with van der Waals surface area (Å²) in [5.74, 6) is -1.16. The molecule has 2 heterocycles. The lowest BCUT2D eigenvalue weighted by molar-refractivity contribution is -0.139. The first-order valence-electron chi connectivity index (χ1n) is 11.3. The van der Waals surface area contributed by atoms with Gasteiger partial charge in [-0.25, -0.2) is 0 Å². The molecular weight excluding hydrogens is 388 g/mol. The molecule has 2 aromatic carbocycles. The fraction of sp³-hybridized carbons (Fsp3) is 0.440. The molecular formula is C25H32N4O2. The maximum atomic E-state index is 12.4. The predicted octanol–water partition coefficient (Wildman–Crippen LogP) is 2.64. The lowest BCUT2D eigenvalue weighted by Gasteiger charge is -2.31. The fourth-order valence-corrected chi connectivity index (χ4v) is 4.65. The molecule has 6 nitrogen and oxygen atoms in total. The van der Waals surface area contributed by atoms with Gasteiger partial charge < -0.3 is 15.5 Å². The summed E-state index contributed by atoms with van der Waals surface area (Å²) in [6.07, 6.45) is 4.61. The number of fused-ring (bicyclic) bond motifs is 1. The first-order chi connectivity index (χ1) is 15.1. The number of anilines is 1. The van der Waals surface area contributed by atoms with Crippen LogP contribution in [-0.2, 0) is 22.6 Å². The summed E-state index contributed by atoms with van der Waals surface area (Å²) >= 11 is 0. The Balaban J connectivity index is 1.40. The largest absolute Gasteiger partial charge is 0.374 e. The van der Waals surface area contributed by atoms with Crippen molar-refractivity contribution < 1.29 is 9.59 Å². The van der Waals surface area contributed by atoms with Gasteiger partial charge in [-0.05, 0) is 61.5 Å². The molecule has 0 unspecified atom stereocenters. The number of rotatable bonds is 6. The number of amides is 2. The Hall–Kier alpha value is -2.86. The van der Waals surface area contributed by atoms with Crippen molar-refractivity contribution in [3.05, 3.63) is 65.2 Å². The van der Waals surface area contributed by atoms with E-state index in [2.05, 4.69) is 45.7 Å². The molecule has 0 radical (unpaired) electrons. The third-order valence-electron chi connectivity index (χ3n) is 6.38. The first kappa shape index (κ1) is 21.4. The summed E-state index contributed by atoms with van der Waals surface area (Å²) in [6, 6.07) is 16.4. The molecule has 2 N–H and O–H groups in total. The van der Waals surface area contributed by atoms with E-state index in [1.54, 1.807) is 0 Å². The minimum atomic E-state index is -0.587. The van der Waals surface area contributed by atoms with Crippen molar-refractivity contribution in [3.8, 4) is 0 Å². The SMILES string of the molecule is CN1CCCc2cc([C@H](CNC(=O)C(=O)NCc3ccccc3)N3CCCC3)ccc21. The van der Waals surface area contributed by atoms with Crippen molar-refractivity contribution in [2.75, 3.05) is 38.1 Å². The number of likely N-dealkylation sites (tertiary alicyclic amines) is 1. The van der Waals surface area contributed by atoms with E-state index in [4.69, 9.17) is 0 Å². The fourth-order valence-electron chi connectivity index (χ4n) is 4.65. The second-order valence-electron chi connectivity index (χ2n) is 8.55. The van der Waals surface area contributed by atoms with E-state index in [0.29, 0.717) is 13.1 Å². The normalized spacial score (nSPS) is 17.1. The Morgan fingerprint density at radius 1 is 0.935 bits per heavy atom. The Morgan fingerprint density at radius 3 is 2.45 bits per heavy atom. The van der Waals surface area contributed by atoms with Crippen LogP contribution in [0.1, 0.15) is 42.0 Å². The average molecular weight is 421 g/mol.